The molecule has 0 saturated carbocycles. The average Bonchev–Trinajstić information content (AvgIpc) is 2.66. The van der Waals surface area contributed by atoms with E-state index in [4.69, 9.17) is 0 Å². The number of hydrogen-bond donors (Lipinski definition) is 2. The molecular weight excluding hydrogens is 342 g/mol. The molecule has 2 N–H and O–H groups in total. The second-order valence-electron chi connectivity index (χ2n) is 8.76. The van der Waals surface area contributed by atoms with Crippen LogP contribution in [-0.4, -0.2) is 52.9 Å². The number of anilines is 1. The molecule has 1 fully saturated rings. The molecule has 150 valence electrons. The number of aliphatic hydroxyl groups excluding tert-OH is 1. The highest BCUT2D eigenvalue weighted by Crippen LogP contribution is 2.22. The lowest BCUT2D eigenvalue weighted by atomic mass is 9.89. The lowest BCUT2D eigenvalue weighted by molar-refractivity contribution is -0.124. The van der Waals surface area contributed by atoms with E-state index in [-0.39, 0.29) is 29.6 Å². The molecule has 0 bridgehead atoms. The summed E-state index contributed by atoms with van der Waals surface area (Å²) in [5, 5.41) is 12.5. The van der Waals surface area contributed by atoms with Gasteiger partial charge in [0.1, 0.15) is 11.6 Å². The molecule has 0 radical (unpaired) electrons. The maximum Gasteiger partial charge on any atom is 0.255 e. The number of rotatable bonds is 8. The van der Waals surface area contributed by atoms with Crippen LogP contribution in [0.4, 0.5) is 5.82 Å². The average molecular weight is 376 g/mol. The first-order valence-electron chi connectivity index (χ1n) is 9.84. The van der Waals surface area contributed by atoms with E-state index in [1.165, 1.54) is 0 Å². The van der Waals surface area contributed by atoms with Gasteiger partial charge in [-0.15, -0.1) is 0 Å². The van der Waals surface area contributed by atoms with Crippen LogP contribution in [0.3, 0.4) is 0 Å². The number of hydrogen-bond acceptors (Lipinski definition) is 5. The highest BCUT2D eigenvalue weighted by atomic mass is 16.3. The molecule has 1 saturated heterocycles. The van der Waals surface area contributed by atoms with Crippen LogP contribution in [0.15, 0.2) is 18.3 Å². The minimum atomic E-state index is -0.235. The van der Waals surface area contributed by atoms with Gasteiger partial charge in [0, 0.05) is 50.2 Å². The first-order chi connectivity index (χ1) is 12.7. The number of amides is 1. The first kappa shape index (κ1) is 21.4. The monoisotopic (exact) mass is 375 g/mol. The highest BCUT2D eigenvalue weighted by molar-refractivity contribution is 5.94. The standard InChI is InChI=1S/C21H33N3O3/c1-15(2)10-18(26)17-6-5-9-24(12-17)20(27)16-7-8-19(22-11-16)23-13-21(3,4)14-25/h7-8,11,15,17,25H,5-6,9-10,12-14H2,1-4H3,(H,22,23)/t17-/m1/s1. The third-order valence-electron chi connectivity index (χ3n) is 4.96. The number of likely N-dealkylation sites (tertiary alicyclic amines) is 1. The van der Waals surface area contributed by atoms with E-state index < -0.39 is 0 Å². The molecular formula is C21H33N3O3. The first-order valence-corrected chi connectivity index (χ1v) is 9.84. The summed E-state index contributed by atoms with van der Waals surface area (Å²) in [5.41, 5.74) is 0.306. The maximum atomic E-state index is 12.8. The molecule has 1 aromatic rings. The Hall–Kier alpha value is -1.95. The maximum absolute atomic E-state index is 12.8. The smallest absolute Gasteiger partial charge is 0.255 e. The third-order valence-corrected chi connectivity index (χ3v) is 4.96. The molecule has 1 atom stereocenters. The summed E-state index contributed by atoms with van der Waals surface area (Å²) in [6.45, 7) is 9.90. The molecule has 6 heteroatoms. The van der Waals surface area contributed by atoms with Crippen molar-refractivity contribution in [3.63, 3.8) is 0 Å². The predicted octanol–water partition coefficient (Wildman–Crippen LogP) is 2.98. The Labute approximate surface area is 162 Å². The molecule has 27 heavy (non-hydrogen) atoms. The zero-order valence-corrected chi connectivity index (χ0v) is 17.0. The highest BCUT2D eigenvalue weighted by Gasteiger charge is 2.29. The molecule has 2 rings (SSSR count). The number of carbonyl (C=O) groups is 2. The summed E-state index contributed by atoms with van der Waals surface area (Å²) in [7, 11) is 0. The van der Waals surface area contributed by atoms with Crippen molar-refractivity contribution in [3.8, 4) is 0 Å². The van der Waals surface area contributed by atoms with Crippen LogP contribution in [0.1, 0.15) is 57.3 Å². The Balaban J connectivity index is 1.95. The lowest BCUT2D eigenvalue weighted by Crippen LogP contribution is -2.42. The van der Waals surface area contributed by atoms with E-state index in [9.17, 15) is 14.7 Å². The van der Waals surface area contributed by atoms with Crippen molar-refractivity contribution < 1.29 is 14.7 Å². The molecule has 1 amide bonds. The van der Waals surface area contributed by atoms with E-state index in [0.29, 0.717) is 43.4 Å². The number of Topliss-reactive ketones (excluding diaryl/α,β-unsaturated/α-hetero) is 1. The molecule has 1 aromatic heterocycles. The topological polar surface area (TPSA) is 82.5 Å². The van der Waals surface area contributed by atoms with Crippen molar-refractivity contribution in [2.24, 2.45) is 17.3 Å². The number of pyridine rings is 1. The Morgan fingerprint density at radius 1 is 1.37 bits per heavy atom. The van der Waals surface area contributed by atoms with Crippen molar-refractivity contribution in [3.05, 3.63) is 23.9 Å². The molecule has 1 aliphatic rings. The van der Waals surface area contributed by atoms with Crippen LogP contribution in [0, 0.1) is 17.3 Å². The molecule has 1 aliphatic heterocycles. The second-order valence-corrected chi connectivity index (χ2v) is 8.76. The van der Waals surface area contributed by atoms with Crippen LogP contribution in [0.2, 0.25) is 0 Å². The van der Waals surface area contributed by atoms with Crippen LogP contribution < -0.4 is 5.32 Å². The van der Waals surface area contributed by atoms with Gasteiger partial charge in [-0.1, -0.05) is 27.7 Å². The number of nitrogens with zero attached hydrogens (tertiary/aromatic N) is 2. The van der Waals surface area contributed by atoms with Gasteiger partial charge in [0.2, 0.25) is 0 Å². The predicted molar refractivity (Wildman–Crippen MR) is 107 cm³/mol. The molecule has 0 spiro atoms. The number of piperidine rings is 1. The Morgan fingerprint density at radius 3 is 2.70 bits per heavy atom. The summed E-state index contributed by atoms with van der Waals surface area (Å²) in [4.78, 5) is 31.2. The minimum absolute atomic E-state index is 0.0419. The fourth-order valence-electron chi connectivity index (χ4n) is 3.19. The van der Waals surface area contributed by atoms with Crippen molar-refractivity contribution in [1.29, 1.82) is 0 Å². The van der Waals surface area contributed by atoms with Gasteiger partial charge in [-0.05, 0) is 30.9 Å². The summed E-state index contributed by atoms with van der Waals surface area (Å²) in [6, 6.07) is 3.55. The van der Waals surface area contributed by atoms with Gasteiger partial charge in [-0.25, -0.2) is 4.98 Å². The molecule has 0 unspecified atom stereocenters. The van der Waals surface area contributed by atoms with E-state index in [1.54, 1.807) is 23.2 Å². The van der Waals surface area contributed by atoms with Gasteiger partial charge in [-0.2, -0.15) is 0 Å². The fourth-order valence-corrected chi connectivity index (χ4v) is 3.19. The van der Waals surface area contributed by atoms with Crippen molar-refractivity contribution in [1.82, 2.24) is 9.88 Å². The lowest BCUT2D eigenvalue weighted by Gasteiger charge is -2.32. The van der Waals surface area contributed by atoms with Crippen molar-refractivity contribution in [2.45, 2.75) is 47.0 Å². The van der Waals surface area contributed by atoms with Crippen LogP contribution in [0.5, 0.6) is 0 Å². The van der Waals surface area contributed by atoms with Gasteiger partial charge in [0.05, 0.1) is 5.56 Å². The van der Waals surface area contributed by atoms with Gasteiger partial charge >= 0.3 is 0 Å². The van der Waals surface area contributed by atoms with Crippen LogP contribution >= 0.6 is 0 Å². The summed E-state index contributed by atoms with van der Waals surface area (Å²) in [6.07, 6.45) is 3.90. The number of ketones is 1. The summed E-state index contributed by atoms with van der Waals surface area (Å²) in [5.74, 6) is 1.19. The van der Waals surface area contributed by atoms with Gasteiger partial charge in [0.15, 0.2) is 0 Å². The second kappa shape index (κ2) is 9.31. The van der Waals surface area contributed by atoms with E-state index >= 15 is 0 Å². The zero-order valence-electron chi connectivity index (χ0n) is 17.0. The fraction of sp³-hybridized carbons (Fsp3) is 0.667. The molecule has 2 heterocycles. The largest absolute Gasteiger partial charge is 0.396 e. The Bertz CT molecular complexity index is 641. The third kappa shape index (κ3) is 6.31. The zero-order chi connectivity index (χ0) is 20.0. The van der Waals surface area contributed by atoms with Crippen LogP contribution in [-0.2, 0) is 4.79 Å². The van der Waals surface area contributed by atoms with Gasteiger partial charge in [-0.3, -0.25) is 9.59 Å². The number of aliphatic hydroxyl groups is 1. The van der Waals surface area contributed by atoms with E-state index in [0.717, 1.165) is 12.8 Å². The molecule has 6 nitrogen and oxygen atoms in total. The van der Waals surface area contributed by atoms with Gasteiger partial charge in [0.25, 0.3) is 5.91 Å². The molecule has 0 aliphatic carbocycles. The van der Waals surface area contributed by atoms with Crippen molar-refractivity contribution >= 4 is 17.5 Å². The Morgan fingerprint density at radius 2 is 2.11 bits per heavy atom. The van der Waals surface area contributed by atoms with Crippen LogP contribution in [0.25, 0.3) is 0 Å². The summed E-state index contributed by atoms with van der Waals surface area (Å²) < 4.78 is 0. The number of aromatic nitrogens is 1. The number of carbonyl (C=O) groups excluding carboxylic acids is 2. The van der Waals surface area contributed by atoms with Crippen molar-refractivity contribution in [2.75, 3.05) is 31.6 Å². The van der Waals surface area contributed by atoms with E-state index in [2.05, 4.69) is 10.3 Å². The normalized spacial score (nSPS) is 17.9. The summed E-state index contributed by atoms with van der Waals surface area (Å²) >= 11 is 0. The SMILES string of the molecule is CC(C)CC(=O)[C@@H]1CCCN(C(=O)c2ccc(NCC(C)(C)CO)nc2)C1. The number of nitrogens with one attached hydrogen (secondary N) is 1. The molecule has 0 aromatic carbocycles. The van der Waals surface area contributed by atoms with E-state index in [1.807, 2.05) is 27.7 Å². The quantitative estimate of drug-likeness (QED) is 0.730. The van der Waals surface area contributed by atoms with Gasteiger partial charge < -0.3 is 15.3 Å². The minimum Gasteiger partial charge on any atom is -0.396 e. The Kier molecular flexibility index (Phi) is 7.36.